The number of benzene rings is 4. The normalized spacial score (nSPS) is 19.3. The molecular formula is C53H50N4O14S2. The third-order valence-corrected chi connectivity index (χ3v) is 14.1. The minimum Gasteiger partial charge on any atom is -0.493 e. The average molecular weight is 1030 g/mol. The topological polar surface area (TPSA) is 276 Å². The zero-order valence-corrected chi connectivity index (χ0v) is 41.2. The number of nitrogens with two attached hydrogens (primary N) is 1. The van der Waals surface area contributed by atoms with Gasteiger partial charge in [-0.15, -0.1) is 22.7 Å². The van der Waals surface area contributed by atoms with Gasteiger partial charge >= 0.3 is 23.9 Å². The van der Waals surface area contributed by atoms with Crippen molar-refractivity contribution in [3.8, 4) is 23.0 Å². The largest absolute Gasteiger partial charge is 0.493 e. The molecule has 3 saturated carbocycles. The van der Waals surface area contributed by atoms with Crippen LogP contribution in [0.4, 0.5) is 11.4 Å². The standard InChI is InChI=1S/C38H33N3O11S2.C11H11NO2.C4H6O/c1-40-37(35(45)46)30(21-10-14-24(26(18-21)49-2)51-33(43)28-6-4-16-53-28)38(36(47)48,41-32(42)20-8-12-23(39)13-9-20)31(37)22-11-15-25(27(19-22)50-3)52-34(44)29-7-5-17-54-29;13-7-8-1-5-10(6-2-8)12-11(14)9-3-4-9;5-3-4-1-2-4/h4-19,30-31,40H,39H2,1-3H3,(H,41,42)(H,45,46)(H,47,48);1-2,5-7,9H,3-4H2,(H,12,14);3-4H,1-2H2. The van der Waals surface area contributed by atoms with Crippen molar-refractivity contribution in [3.63, 3.8) is 0 Å². The van der Waals surface area contributed by atoms with Crippen LogP contribution < -0.4 is 40.6 Å². The van der Waals surface area contributed by atoms with Crippen LogP contribution in [0.2, 0.25) is 0 Å². The molecule has 3 aliphatic rings. The molecule has 0 aliphatic heterocycles. The van der Waals surface area contributed by atoms with Crippen molar-refractivity contribution in [3.05, 3.63) is 152 Å². The Morgan fingerprint density at radius 1 is 0.658 bits per heavy atom. The quantitative estimate of drug-likeness (QED) is 0.0224. The summed E-state index contributed by atoms with van der Waals surface area (Å²) in [6, 6.07) is 27.4. The van der Waals surface area contributed by atoms with E-state index in [0.717, 1.165) is 43.9 Å². The number of anilines is 2. The van der Waals surface area contributed by atoms with E-state index in [-0.39, 0.29) is 51.5 Å². The first-order valence-corrected chi connectivity index (χ1v) is 24.4. The summed E-state index contributed by atoms with van der Waals surface area (Å²) in [5.41, 5.74) is 3.36. The molecule has 4 aromatic carbocycles. The molecule has 0 bridgehead atoms. The minimum absolute atomic E-state index is 0.000948. The fourth-order valence-corrected chi connectivity index (χ4v) is 9.64. The van der Waals surface area contributed by atoms with Gasteiger partial charge in [-0.3, -0.25) is 19.2 Å². The van der Waals surface area contributed by atoms with Crippen LogP contribution >= 0.6 is 22.7 Å². The van der Waals surface area contributed by atoms with Crippen LogP contribution in [0.25, 0.3) is 0 Å². The van der Waals surface area contributed by atoms with Crippen molar-refractivity contribution in [2.75, 3.05) is 32.3 Å². The molecule has 73 heavy (non-hydrogen) atoms. The van der Waals surface area contributed by atoms with Crippen molar-refractivity contribution in [2.24, 2.45) is 11.8 Å². The Labute approximate surface area is 426 Å². The monoisotopic (exact) mass is 1030 g/mol. The van der Waals surface area contributed by atoms with Gasteiger partial charge in [0.05, 0.1) is 14.2 Å². The number of carboxylic acids is 2. The number of hydrogen-bond donors (Lipinski definition) is 6. The number of thiophene rings is 2. The molecule has 18 nitrogen and oxygen atoms in total. The Morgan fingerprint density at radius 2 is 1.16 bits per heavy atom. The first-order valence-electron chi connectivity index (χ1n) is 22.7. The second-order valence-corrected chi connectivity index (χ2v) is 19.0. The van der Waals surface area contributed by atoms with E-state index >= 15 is 0 Å². The van der Waals surface area contributed by atoms with E-state index in [4.69, 9.17) is 24.7 Å². The number of esters is 2. The molecule has 6 aromatic rings. The second kappa shape index (κ2) is 22.9. The van der Waals surface area contributed by atoms with Crippen LogP contribution in [0.3, 0.4) is 0 Å². The summed E-state index contributed by atoms with van der Waals surface area (Å²) in [7, 11) is 3.98. The number of carbonyl (C=O) groups excluding carboxylic acids is 6. The number of aldehydes is 2. The molecule has 2 heterocycles. The van der Waals surface area contributed by atoms with Crippen LogP contribution in [0, 0.1) is 11.8 Å². The van der Waals surface area contributed by atoms with E-state index in [1.165, 1.54) is 105 Å². The van der Waals surface area contributed by atoms with Crippen LogP contribution in [-0.2, 0) is 19.2 Å². The lowest BCUT2D eigenvalue weighted by Crippen LogP contribution is -2.85. The molecule has 0 spiro atoms. The lowest BCUT2D eigenvalue weighted by atomic mass is 9.43. The fraction of sp³-hybridized carbons (Fsp3) is 0.245. The van der Waals surface area contributed by atoms with Crippen LogP contribution in [0.5, 0.6) is 23.0 Å². The number of amides is 2. The Balaban J connectivity index is 0.000000339. The van der Waals surface area contributed by atoms with Gasteiger partial charge in [0.15, 0.2) is 28.5 Å². The van der Waals surface area contributed by atoms with Crippen LogP contribution in [0.15, 0.2) is 120 Å². The van der Waals surface area contributed by atoms with Crippen molar-refractivity contribution in [2.45, 2.75) is 48.6 Å². The summed E-state index contributed by atoms with van der Waals surface area (Å²) in [6.07, 6.45) is 6.09. The highest BCUT2D eigenvalue weighted by Crippen LogP contribution is 2.64. The number of nitrogens with one attached hydrogen (secondary N) is 3. The van der Waals surface area contributed by atoms with Crippen molar-refractivity contribution in [1.29, 1.82) is 0 Å². The molecule has 2 unspecified atom stereocenters. The third-order valence-electron chi connectivity index (χ3n) is 12.4. The highest BCUT2D eigenvalue weighted by Gasteiger charge is 2.79. The van der Waals surface area contributed by atoms with Gasteiger partial charge < -0.3 is 55.6 Å². The Hall–Kier alpha value is -8.20. The molecule has 3 fully saturated rings. The number of carbonyl (C=O) groups is 8. The number of rotatable bonds is 17. The zero-order valence-electron chi connectivity index (χ0n) is 39.5. The van der Waals surface area contributed by atoms with Crippen molar-refractivity contribution >= 4 is 82.3 Å². The summed E-state index contributed by atoms with van der Waals surface area (Å²) >= 11 is 2.33. The maximum atomic E-state index is 14.0. The number of methoxy groups -OCH3 is 2. The molecule has 9 rings (SSSR count). The molecule has 0 radical (unpaired) electrons. The lowest BCUT2D eigenvalue weighted by Gasteiger charge is -2.64. The number of carboxylic acid groups (broad SMARTS) is 2. The van der Waals surface area contributed by atoms with Gasteiger partial charge in [-0.2, -0.15) is 0 Å². The maximum Gasteiger partial charge on any atom is 0.353 e. The summed E-state index contributed by atoms with van der Waals surface area (Å²) in [4.78, 5) is 99.0. The van der Waals surface area contributed by atoms with E-state index < -0.39 is 52.7 Å². The number of ether oxygens (including phenoxy) is 4. The Bertz CT molecular complexity index is 2880. The minimum atomic E-state index is -2.37. The predicted octanol–water partition coefficient (Wildman–Crippen LogP) is 7.47. The smallest absolute Gasteiger partial charge is 0.353 e. The number of aliphatic carboxylic acids is 2. The van der Waals surface area contributed by atoms with Crippen LogP contribution in [-0.4, -0.2) is 90.8 Å². The van der Waals surface area contributed by atoms with E-state index in [9.17, 15) is 48.6 Å². The van der Waals surface area contributed by atoms with Crippen molar-refractivity contribution in [1.82, 2.24) is 10.6 Å². The molecule has 3 aliphatic carbocycles. The lowest BCUT2D eigenvalue weighted by molar-refractivity contribution is -0.172. The highest BCUT2D eigenvalue weighted by atomic mass is 32.1. The van der Waals surface area contributed by atoms with Gasteiger partial charge in [0.2, 0.25) is 5.91 Å². The molecule has 20 heteroatoms. The number of nitrogen functional groups attached to an aromatic ring is 1. The average Bonchev–Trinajstić information content (AvgIpc) is 4.30. The molecule has 2 atom stereocenters. The Kier molecular flexibility index (Phi) is 16.5. The Morgan fingerprint density at radius 3 is 1.53 bits per heavy atom. The van der Waals surface area contributed by atoms with Gasteiger partial charge in [-0.25, -0.2) is 14.4 Å². The van der Waals surface area contributed by atoms with Crippen molar-refractivity contribution < 1.29 is 67.5 Å². The fourth-order valence-electron chi connectivity index (χ4n) is 8.44. The van der Waals surface area contributed by atoms with Gasteiger partial charge in [0.1, 0.15) is 27.9 Å². The first kappa shape index (κ1) is 52.6. The molecule has 2 amide bonds. The third kappa shape index (κ3) is 11.5. The van der Waals surface area contributed by atoms with E-state index in [2.05, 4.69) is 16.0 Å². The highest BCUT2D eigenvalue weighted by molar-refractivity contribution is 7.12. The second-order valence-electron chi connectivity index (χ2n) is 17.1. The summed E-state index contributed by atoms with van der Waals surface area (Å²) < 4.78 is 22.2. The SMILES string of the molecule is CNC1(C(=O)O)C(c2ccc(OC(=O)c3cccs3)c(OC)c2)C(NC(=O)c2ccc(N)cc2)(C(=O)O)C1c1ccc(OC(=O)c2cccs2)c(OC)c1.O=CC1CC1.O=Cc1ccc(NC(=O)C2CC2)cc1. The summed E-state index contributed by atoms with van der Waals surface area (Å²) in [5, 5.41) is 34.1. The maximum absolute atomic E-state index is 14.0. The number of hydrogen-bond acceptors (Lipinski definition) is 16. The van der Waals surface area contributed by atoms with E-state index in [1.54, 1.807) is 59.3 Å². The molecule has 0 saturated heterocycles. The number of likely N-dealkylation sites (N-methyl/N-ethyl adjacent to an activating group) is 1. The molecular weight excluding hydrogens is 981 g/mol. The van der Waals surface area contributed by atoms with Gasteiger partial charge in [0, 0.05) is 46.2 Å². The predicted molar refractivity (Wildman–Crippen MR) is 270 cm³/mol. The van der Waals surface area contributed by atoms with Crippen LogP contribution in [0.1, 0.15) is 88.7 Å². The van der Waals surface area contributed by atoms with E-state index in [0.29, 0.717) is 26.9 Å². The van der Waals surface area contributed by atoms with Gasteiger partial charge in [-0.1, -0.05) is 24.3 Å². The first-order chi connectivity index (χ1) is 35.1. The van der Waals surface area contributed by atoms with E-state index in [1.807, 2.05) is 0 Å². The summed E-state index contributed by atoms with van der Waals surface area (Å²) in [5.74, 6) is -7.51. The van der Waals surface area contributed by atoms with Gasteiger partial charge in [0.25, 0.3) is 5.91 Å². The molecule has 7 N–H and O–H groups in total. The zero-order chi connectivity index (χ0) is 52.5. The molecule has 2 aromatic heterocycles. The summed E-state index contributed by atoms with van der Waals surface area (Å²) in [6.45, 7) is 0. The van der Waals surface area contributed by atoms with Gasteiger partial charge in [-0.05, 0) is 140 Å². The molecule has 378 valence electrons.